The summed E-state index contributed by atoms with van der Waals surface area (Å²) in [6.07, 6.45) is 4.09. The van der Waals surface area contributed by atoms with Crippen LogP contribution in [0.15, 0.2) is 42.7 Å². The van der Waals surface area contributed by atoms with Gasteiger partial charge in [-0.05, 0) is 18.6 Å². The van der Waals surface area contributed by atoms with Crippen molar-refractivity contribution in [1.29, 1.82) is 0 Å². The van der Waals surface area contributed by atoms with E-state index in [1.165, 1.54) is 0 Å². The second kappa shape index (κ2) is 6.38. The lowest BCUT2D eigenvalue weighted by Crippen LogP contribution is -2.29. The summed E-state index contributed by atoms with van der Waals surface area (Å²) >= 11 is 5.96. The number of hydrogen-bond donors (Lipinski definition) is 1. The number of aromatic nitrogens is 2. The molecule has 1 N–H and O–H groups in total. The minimum Gasteiger partial charge on any atom is -0.350 e. The van der Waals surface area contributed by atoms with Crippen molar-refractivity contribution in [2.45, 2.75) is 18.7 Å². The molecule has 1 atom stereocenters. The van der Waals surface area contributed by atoms with Gasteiger partial charge < -0.3 is 5.32 Å². The number of rotatable bonds is 5. The summed E-state index contributed by atoms with van der Waals surface area (Å²) in [7, 11) is 0. The van der Waals surface area contributed by atoms with E-state index < -0.39 is 0 Å². The molecule has 0 radical (unpaired) electrons. The van der Waals surface area contributed by atoms with Gasteiger partial charge in [-0.1, -0.05) is 25.1 Å². The van der Waals surface area contributed by atoms with Crippen LogP contribution in [0, 0.1) is 0 Å². The molecule has 1 aromatic carbocycles. The molecule has 4 nitrogen and oxygen atoms in total. The number of para-hydroxylation sites is 1. The third kappa shape index (κ3) is 3.58. The summed E-state index contributed by atoms with van der Waals surface area (Å²) < 4.78 is 1.67. The SMILES string of the molecule is CCC(Cl)CNC(=O)c1cnn(-c2ccccc2)c1. The summed E-state index contributed by atoms with van der Waals surface area (Å²) in [6, 6.07) is 9.65. The first kappa shape index (κ1) is 13.6. The average Bonchev–Trinajstić information content (AvgIpc) is 2.95. The molecule has 0 aliphatic heterocycles. The van der Waals surface area contributed by atoms with E-state index in [1.54, 1.807) is 17.1 Å². The van der Waals surface area contributed by atoms with E-state index in [1.807, 2.05) is 37.3 Å². The van der Waals surface area contributed by atoms with Gasteiger partial charge in [-0.25, -0.2) is 4.68 Å². The van der Waals surface area contributed by atoms with Gasteiger partial charge in [-0.15, -0.1) is 11.6 Å². The van der Waals surface area contributed by atoms with Gasteiger partial charge in [-0.2, -0.15) is 5.10 Å². The molecule has 19 heavy (non-hydrogen) atoms. The predicted octanol–water partition coefficient (Wildman–Crippen LogP) is 2.62. The van der Waals surface area contributed by atoms with Crippen LogP contribution in [0.3, 0.4) is 0 Å². The van der Waals surface area contributed by atoms with Crippen LogP contribution in [0.1, 0.15) is 23.7 Å². The Morgan fingerprint density at radius 1 is 1.42 bits per heavy atom. The summed E-state index contributed by atoms with van der Waals surface area (Å²) in [6.45, 7) is 2.45. The summed E-state index contributed by atoms with van der Waals surface area (Å²) in [5.41, 5.74) is 1.45. The quantitative estimate of drug-likeness (QED) is 0.854. The van der Waals surface area contributed by atoms with Crippen molar-refractivity contribution < 1.29 is 4.79 Å². The fourth-order valence-electron chi connectivity index (χ4n) is 1.61. The van der Waals surface area contributed by atoms with Crippen molar-refractivity contribution in [3.8, 4) is 5.69 Å². The maximum Gasteiger partial charge on any atom is 0.254 e. The second-order valence-corrected chi connectivity index (χ2v) is 4.84. The average molecular weight is 278 g/mol. The van der Waals surface area contributed by atoms with Crippen LogP contribution in [0.4, 0.5) is 0 Å². The molecule has 0 aliphatic carbocycles. The van der Waals surface area contributed by atoms with Crippen LogP contribution in [0.25, 0.3) is 5.69 Å². The van der Waals surface area contributed by atoms with Gasteiger partial charge in [-0.3, -0.25) is 4.79 Å². The third-order valence-corrected chi connectivity index (χ3v) is 3.26. The largest absolute Gasteiger partial charge is 0.350 e. The Kier molecular flexibility index (Phi) is 4.58. The lowest BCUT2D eigenvalue weighted by molar-refractivity contribution is 0.0953. The zero-order valence-corrected chi connectivity index (χ0v) is 11.5. The molecule has 100 valence electrons. The smallest absolute Gasteiger partial charge is 0.254 e. The van der Waals surface area contributed by atoms with Gasteiger partial charge in [0.15, 0.2) is 0 Å². The molecule has 5 heteroatoms. The number of nitrogens with one attached hydrogen (secondary N) is 1. The highest BCUT2D eigenvalue weighted by Crippen LogP contribution is 2.07. The Bertz CT molecular complexity index is 539. The predicted molar refractivity (Wildman–Crippen MR) is 75.8 cm³/mol. The first-order valence-corrected chi connectivity index (χ1v) is 6.66. The van der Waals surface area contributed by atoms with E-state index in [0.29, 0.717) is 12.1 Å². The molecule has 0 saturated heterocycles. The number of carbonyl (C=O) groups is 1. The van der Waals surface area contributed by atoms with Crippen molar-refractivity contribution in [1.82, 2.24) is 15.1 Å². The molecule has 0 fully saturated rings. The molecule has 1 amide bonds. The number of hydrogen-bond acceptors (Lipinski definition) is 2. The molecule has 1 aromatic heterocycles. The first-order valence-electron chi connectivity index (χ1n) is 6.23. The number of benzene rings is 1. The Hall–Kier alpha value is -1.81. The fourth-order valence-corrected chi connectivity index (χ4v) is 1.69. The van der Waals surface area contributed by atoms with Crippen LogP contribution in [-0.4, -0.2) is 27.6 Å². The van der Waals surface area contributed by atoms with E-state index >= 15 is 0 Å². The Morgan fingerprint density at radius 2 is 2.16 bits per heavy atom. The van der Waals surface area contributed by atoms with E-state index in [2.05, 4.69) is 10.4 Å². The van der Waals surface area contributed by atoms with Crippen molar-refractivity contribution in [3.05, 3.63) is 48.3 Å². The van der Waals surface area contributed by atoms with Gasteiger partial charge in [0.2, 0.25) is 0 Å². The molecular weight excluding hydrogens is 262 g/mol. The molecule has 0 spiro atoms. The summed E-state index contributed by atoms with van der Waals surface area (Å²) in [4.78, 5) is 11.9. The van der Waals surface area contributed by atoms with E-state index in [-0.39, 0.29) is 11.3 Å². The molecule has 0 aliphatic rings. The summed E-state index contributed by atoms with van der Waals surface area (Å²) in [5, 5.41) is 6.93. The molecule has 1 heterocycles. The van der Waals surface area contributed by atoms with Crippen molar-refractivity contribution in [3.63, 3.8) is 0 Å². The van der Waals surface area contributed by atoms with Crippen molar-refractivity contribution >= 4 is 17.5 Å². The van der Waals surface area contributed by atoms with Gasteiger partial charge in [0.1, 0.15) is 0 Å². The third-order valence-electron chi connectivity index (χ3n) is 2.79. The van der Waals surface area contributed by atoms with Gasteiger partial charge in [0, 0.05) is 12.7 Å². The summed E-state index contributed by atoms with van der Waals surface area (Å²) in [5.74, 6) is -0.152. The lowest BCUT2D eigenvalue weighted by atomic mass is 10.3. The van der Waals surface area contributed by atoms with Crippen LogP contribution in [0.5, 0.6) is 0 Å². The minimum absolute atomic E-state index is 0.0341. The normalized spacial score (nSPS) is 12.1. The Labute approximate surface area is 117 Å². The van der Waals surface area contributed by atoms with Gasteiger partial charge >= 0.3 is 0 Å². The molecular formula is C14H16ClN3O. The van der Waals surface area contributed by atoms with E-state index in [4.69, 9.17) is 11.6 Å². The van der Waals surface area contributed by atoms with Crippen LogP contribution < -0.4 is 5.32 Å². The highest BCUT2D eigenvalue weighted by molar-refractivity contribution is 6.20. The van der Waals surface area contributed by atoms with E-state index in [0.717, 1.165) is 12.1 Å². The zero-order chi connectivity index (χ0) is 13.7. The second-order valence-electron chi connectivity index (χ2n) is 4.22. The zero-order valence-electron chi connectivity index (χ0n) is 10.7. The van der Waals surface area contributed by atoms with Crippen LogP contribution in [-0.2, 0) is 0 Å². The number of carbonyl (C=O) groups excluding carboxylic acids is 1. The monoisotopic (exact) mass is 277 g/mol. The molecule has 2 aromatic rings. The highest BCUT2D eigenvalue weighted by atomic mass is 35.5. The Morgan fingerprint density at radius 3 is 2.84 bits per heavy atom. The standard InChI is InChI=1S/C14H16ClN3O/c1-2-12(15)9-16-14(19)11-8-17-18(10-11)13-6-4-3-5-7-13/h3-8,10,12H,2,9H2,1H3,(H,16,19). The van der Waals surface area contributed by atoms with Crippen molar-refractivity contribution in [2.75, 3.05) is 6.54 Å². The molecule has 0 bridgehead atoms. The molecule has 2 rings (SSSR count). The van der Waals surface area contributed by atoms with E-state index in [9.17, 15) is 4.79 Å². The molecule has 1 unspecified atom stereocenters. The fraction of sp³-hybridized carbons (Fsp3) is 0.286. The van der Waals surface area contributed by atoms with Crippen LogP contribution >= 0.6 is 11.6 Å². The van der Waals surface area contributed by atoms with Gasteiger partial charge in [0.05, 0.1) is 22.8 Å². The minimum atomic E-state index is -0.152. The number of nitrogens with zero attached hydrogens (tertiary/aromatic N) is 2. The number of amides is 1. The van der Waals surface area contributed by atoms with Crippen LogP contribution in [0.2, 0.25) is 0 Å². The Balaban J connectivity index is 2.03. The van der Waals surface area contributed by atoms with Gasteiger partial charge in [0.25, 0.3) is 5.91 Å². The maximum absolute atomic E-state index is 11.9. The topological polar surface area (TPSA) is 46.9 Å². The maximum atomic E-state index is 11.9. The molecule has 0 saturated carbocycles. The number of halogens is 1. The highest BCUT2D eigenvalue weighted by Gasteiger charge is 2.10. The first-order chi connectivity index (χ1) is 9.20. The van der Waals surface area contributed by atoms with Crippen molar-refractivity contribution in [2.24, 2.45) is 0 Å². The lowest BCUT2D eigenvalue weighted by Gasteiger charge is -2.07. The number of alkyl halides is 1.